The summed E-state index contributed by atoms with van der Waals surface area (Å²) in [4.78, 5) is 11.7. The van der Waals surface area contributed by atoms with Gasteiger partial charge >= 0.3 is 5.97 Å². The van der Waals surface area contributed by atoms with Crippen LogP contribution < -0.4 is 0 Å². The molecular formula is C12H19NO2. The summed E-state index contributed by atoms with van der Waals surface area (Å²) in [5.74, 6) is -0.0406. The fraction of sp³-hybridized carbons (Fsp3) is 0.583. The summed E-state index contributed by atoms with van der Waals surface area (Å²) in [5, 5.41) is 0. The fourth-order valence-corrected chi connectivity index (χ4v) is 1.73. The van der Waals surface area contributed by atoms with Gasteiger partial charge in [0.25, 0.3) is 0 Å². The molecule has 0 saturated carbocycles. The first-order chi connectivity index (χ1) is 6.91. The number of carbonyl (C=O) groups excluding carboxylic acids is 1. The third-order valence-electron chi connectivity index (χ3n) is 3.22. The zero-order valence-electron chi connectivity index (χ0n) is 10.1. The largest absolute Gasteiger partial charge is 0.469 e. The molecule has 0 radical (unpaired) electrons. The van der Waals surface area contributed by atoms with Crippen molar-refractivity contribution in [2.24, 2.45) is 12.5 Å². The van der Waals surface area contributed by atoms with Crippen molar-refractivity contribution in [3.8, 4) is 0 Å². The van der Waals surface area contributed by atoms with Crippen LogP contribution in [0.1, 0.15) is 32.4 Å². The second kappa shape index (κ2) is 4.09. The second-order valence-corrected chi connectivity index (χ2v) is 4.48. The summed E-state index contributed by atoms with van der Waals surface area (Å²) in [5.41, 5.74) is 0.645. The van der Waals surface area contributed by atoms with Gasteiger partial charge < -0.3 is 9.30 Å². The minimum atomic E-state index is -0.499. The van der Waals surface area contributed by atoms with Crippen LogP contribution in [-0.4, -0.2) is 17.6 Å². The Morgan fingerprint density at radius 2 is 2.13 bits per heavy atom. The van der Waals surface area contributed by atoms with Crippen LogP contribution in [0.25, 0.3) is 0 Å². The van der Waals surface area contributed by atoms with Gasteiger partial charge in [-0.05, 0) is 26.0 Å². The van der Waals surface area contributed by atoms with Crippen LogP contribution in [0.4, 0.5) is 0 Å². The topological polar surface area (TPSA) is 31.2 Å². The van der Waals surface area contributed by atoms with E-state index in [1.807, 2.05) is 50.7 Å². The molecule has 1 aromatic heterocycles. The predicted molar refractivity (Wildman–Crippen MR) is 59.6 cm³/mol. The first kappa shape index (κ1) is 11.8. The molecule has 0 bridgehead atoms. The molecular weight excluding hydrogens is 190 g/mol. The van der Waals surface area contributed by atoms with E-state index < -0.39 is 5.41 Å². The molecule has 1 atom stereocenters. The third kappa shape index (κ3) is 2.06. The molecule has 0 fully saturated rings. The maximum absolute atomic E-state index is 11.7. The highest BCUT2D eigenvalue weighted by Gasteiger charge is 2.36. The van der Waals surface area contributed by atoms with E-state index in [2.05, 4.69) is 0 Å². The average Bonchev–Trinajstić information content (AvgIpc) is 2.61. The van der Waals surface area contributed by atoms with E-state index >= 15 is 0 Å². The molecule has 1 unspecified atom stereocenters. The summed E-state index contributed by atoms with van der Waals surface area (Å²) in [7, 11) is 3.42. The van der Waals surface area contributed by atoms with Crippen molar-refractivity contribution in [3.05, 3.63) is 24.0 Å². The zero-order chi connectivity index (χ0) is 11.6. The Hall–Kier alpha value is -1.25. The Balaban J connectivity index is 2.99. The van der Waals surface area contributed by atoms with E-state index in [0.717, 1.165) is 5.69 Å². The van der Waals surface area contributed by atoms with E-state index in [-0.39, 0.29) is 11.9 Å². The van der Waals surface area contributed by atoms with Crippen LogP contribution in [0.2, 0.25) is 0 Å². The van der Waals surface area contributed by atoms with Crippen molar-refractivity contribution in [1.29, 1.82) is 0 Å². The summed E-state index contributed by atoms with van der Waals surface area (Å²) in [6.07, 6.45) is 1.99. The number of carbonyl (C=O) groups is 1. The Kier molecular flexibility index (Phi) is 3.22. The number of esters is 1. The molecule has 0 aliphatic carbocycles. The van der Waals surface area contributed by atoms with Gasteiger partial charge in [0.1, 0.15) is 0 Å². The Bertz CT molecular complexity index is 352. The maximum Gasteiger partial charge on any atom is 0.311 e. The number of aryl methyl sites for hydroxylation is 1. The smallest absolute Gasteiger partial charge is 0.311 e. The molecule has 3 heteroatoms. The number of hydrogen-bond donors (Lipinski definition) is 0. The molecule has 0 aliphatic heterocycles. The second-order valence-electron chi connectivity index (χ2n) is 4.48. The molecule has 0 saturated heterocycles. The monoisotopic (exact) mass is 209 g/mol. The molecule has 0 aromatic carbocycles. The predicted octanol–water partition coefficient (Wildman–Crippen LogP) is 2.33. The molecule has 1 rings (SSSR count). The highest BCUT2D eigenvalue weighted by Crippen LogP contribution is 2.35. The van der Waals surface area contributed by atoms with Gasteiger partial charge in [0, 0.05) is 24.9 Å². The molecule has 1 aromatic rings. The van der Waals surface area contributed by atoms with Gasteiger partial charge in [-0.2, -0.15) is 0 Å². The van der Waals surface area contributed by atoms with Crippen LogP contribution in [0.3, 0.4) is 0 Å². The number of hydrogen-bond acceptors (Lipinski definition) is 2. The molecule has 84 valence electrons. The van der Waals surface area contributed by atoms with Crippen LogP contribution in [0, 0.1) is 5.41 Å². The lowest BCUT2D eigenvalue weighted by molar-refractivity contribution is -0.151. The first-order valence-corrected chi connectivity index (χ1v) is 5.11. The number of methoxy groups -OCH3 is 1. The lowest BCUT2D eigenvalue weighted by Gasteiger charge is -2.29. The highest BCUT2D eigenvalue weighted by molar-refractivity contribution is 5.77. The molecule has 0 amide bonds. The van der Waals surface area contributed by atoms with Crippen molar-refractivity contribution in [1.82, 2.24) is 4.57 Å². The number of aromatic nitrogens is 1. The van der Waals surface area contributed by atoms with Crippen molar-refractivity contribution in [2.75, 3.05) is 7.11 Å². The van der Waals surface area contributed by atoms with Crippen molar-refractivity contribution < 1.29 is 9.53 Å². The van der Waals surface area contributed by atoms with E-state index in [1.165, 1.54) is 7.11 Å². The molecule has 0 spiro atoms. The Morgan fingerprint density at radius 1 is 1.53 bits per heavy atom. The van der Waals surface area contributed by atoms with E-state index in [4.69, 9.17) is 4.74 Å². The summed E-state index contributed by atoms with van der Waals surface area (Å²) >= 11 is 0. The summed E-state index contributed by atoms with van der Waals surface area (Å²) in [6.45, 7) is 5.87. The van der Waals surface area contributed by atoms with Crippen molar-refractivity contribution in [3.63, 3.8) is 0 Å². The van der Waals surface area contributed by atoms with Crippen LogP contribution >= 0.6 is 0 Å². The summed E-state index contributed by atoms with van der Waals surface area (Å²) in [6, 6.07) is 4.02. The molecule has 3 nitrogen and oxygen atoms in total. The van der Waals surface area contributed by atoms with Crippen LogP contribution in [0.15, 0.2) is 18.3 Å². The van der Waals surface area contributed by atoms with Crippen LogP contribution in [0.5, 0.6) is 0 Å². The number of nitrogens with zero attached hydrogens (tertiary/aromatic N) is 1. The van der Waals surface area contributed by atoms with Gasteiger partial charge in [0.15, 0.2) is 0 Å². The number of ether oxygens (including phenoxy) is 1. The third-order valence-corrected chi connectivity index (χ3v) is 3.22. The lowest BCUT2D eigenvalue weighted by Crippen LogP contribution is -2.32. The Labute approximate surface area is 91.0 Å². The van der Waals surface area contributed by atoms with Crippen molar-refractivity contribution in [2.45, 2.75) is 26.7 Å². The van der Waals surface area contributed by atoms with Gasteiger partial charge in [-0.1, -0.05) is 6.92 Å². The maximum atomic E-state index is 11.7. The average molecular weight is 209 g/mol. The van der Waals surface area contributed by atoms with Gasteiger partial charge in [-0.15, -0.1) is 0 Å². The van der Waals surface area contributed by atoms with Gasteiger partial charge in [-0.3, -0.25) is 4.79 Å². The normalized spacial score (nSPS) is 13.7. The minimum Gasteiger partial charge on any atom is -0.469 e. The van der Waals surface area contributed by atoms with Gasteiger partial charge in [-0.25, -0.2) is 0 Å². The fourth-order valence-electron chi connectivity index (χ4n) is 1.73. The lowest BCUT2D eigenvalue weighted by atomic mass is 9.78. The Morgan fingerprint density at radius 3 is 2.53 bits per heavy atom. The molecule has 0 aliphatic rings. The first-order valence-electron chi connectivity index (χ1n) is 5.11. The number of rotatable bonds is 3. The highest BCUT2D eigenvalue weighted by atomic mass is 16.5. The quantitative estimate of drug-likeness (QED) is 0.715. The van der Waals surface area contributed by atoms with E-state index in [1.54, 1.807) is 0 Å². The van der Waals surface area contributed by atoms with Crippen molar-refractivity contribution >= 4 is 5.97 Å². The van der Waals surface area contributed by atoms with Crippen LogP contribution in [-0.2, 0) is 16.6 Å². The zero-order valence-corrected chi connectivity index (χ0v) is 10.1. The molecule has 0 N–H and O–H groups in total. The van der Waals surface area contributed by atoms with Gasteiger partial charge in [0.2, 0.25) is 0 Å². The SMILES string of the molecule is COC(=O)C(C)(C)C(C)c1cccn1C. The molecule has 15 heavy (non-hydrogen) atoms. The minimum absolute atomic E-state index is 0.130. The summed E-state index contributed by atoms with van der Waals surface area (Å²) < 4.78 is 6.86. The van der Waals surface area contributed by atoms with E-state index in [9.17, 15) is 4.79 Å². The standard InChI is InChI=1S/C12H19NO2/c1-9(10-7-6-8-13(10)4)12(2,3)11(14)15-5/h6-9H,1-5H3. The van der Waals surface area contributed by atoms with Gasteiger partial charge in [0.05, 0.1) is 12.5 Å². The molecule has 1 heterocycles. The van der Waals surface area contributed by atoms with E-state index in [0.29, 0.717) is 0 Å².